The number of nitrogens with zero attached hydrogens (tertiary/aromatic N) is 1. The van der Waals surface area contributed by atoms with Crippen LogP contribution in [0.15, 0.2) is 76.3 Å². The van der Waals surface area contributed by atoms with Gasteiger partial charge in [-0.3, -0.25) is 4.79 Å². The topological polar surface area (TPSA) is 78.4 Å². The van der Waals surface area contributed by atoms with Crippen LogP contribution in [0, 0.1) is 0 Å². The molecular weight excluding hydrogens is 500 g/mol. The zero-order chi connectivity index (χ0) is 24.3. The van der Waals surface area contributed by atoms with E-state index >= 15 is 0 Å². The molecule has 3 aromatic rings. The lowest BCUT2D eigenvalue weighted by molar-refractivity contribution is -0.116. The van der Waals surface area contributed by atoms with Gasteiger partial charge in [-0.2, -0.15) is 5.10 Å². The van der Waals surface area contributed by atoms with Crippen LogP contribution in [0.4, 0.5) is 0 Å². The van der Waals surface area contributed by atoms with Gasteiger partial charge in [0.2, 0.25) is 0 Å². The van der Waals surface area contributed by atoms with Crippen LogP contribution in [0.25, 0.3) is 6.08 Å². The molecule has 0 unspecified atom stereocenters. The highest BCUT2D eigenvalue weighted by Gasteiger charge is 2.11. The van der Waals surface area contributed by atoms with Crippen molar-refractivity contribution in [2.45, 2.75) is 6.61 Å². The predicted molar refractivity (Wildman–Crippen MR) is 136 cm³/mol. The summed E-state index contributed by atoms with van der Waals surface area (Å²) in [5.74, 6) is 1.96. The van der Waals surface area contributed by atoms with Crippen molar-refractivity contribution in [2.24, 2.45) is 5.10 Å². The first-order valence-corrected chi connectivity index (χ1v) is 11.1. The van der Waals surface area contributed by atoms with Gasteiger partial charge < -0.3 is 18.9 Å². The number of benzene rings is 3. The highest BCUT2D eigenvalue weighted by atomic mass is 79.9. The number of carbonyl (C=O) groups is 1. The Morgan fingerprint density at radius 1 is 0.912 bits per heavy atom. The molecule has 3 aromatic carbocycles. The Hall–Kier alpha value is -3.78. The molecule has 0 saturated heterocycles. The summed E-state index contributed by atoms with van der Waals surface area (Å²) >= 11 is 3.52. The van der Waals surface area contributed by atoms with Gasteiger partial charge in [-0.1, -0.05) is 36.4 Å². The summed E-state index contributed by atoms with van der Waals surface area (Å²) in [6.45, 7) is 0.408. The summed E-state index contributed by atoms with van der Waals surface area (Å²) in [4.78, 5) is 12.1. The first-order valence-electron chi connectivity index (χ1n) is 10.3. The molecule has 0 aliphatic carbocycles. The fraction of sp³-hybridized carbons (Fsp3) is 0.154. The van der Waals surface area contributed by atoms with E-state index in [1.165, 1.54) is 12.3 Å². The van der Waals surface area contributed by atoms with Crippen molar-refractivity contribution in [2.75, 3.05) is 21.3 Å². The molecule has 7 nitrogen and oxygen atoms in total. The number of hydrogen-bond donors (Lipinski definition) is 1. The molecule has 0 bridgehead atoms. The molecule has 0 heterocycles. The third-order valence-corrected chi connectivity index (χ3v) is 5.29. The van der Waals surface area contributed by atoms with E-state index in [4.69, 9.17) is 18.9 Å². The Labute approximate surface area is 207 Å². The second kappa shape index (κ2) is 12.5. The van der Waals surface area contributed by atoms with Crippen molar-refractivity contribution >= 4 is 34.1 Å². The van der Waals surface area contributed by atoms with Gasteiger partial charge in [0.25, 0.3) is 5.91 Å². The van der Waals surface area contributed by atoms with E-state index in [2.05, 4.69) is 26.5 Å². The van der Waals surface area contributed by atoms with Gasteiger partial charge in [0.05, 0.1) is 32.0 Å². The second-order valence-electron chi connectivity index (χ2n) is 6.99. The van der Waals surface area contributed by atoms with E-state index < -0.39 is 0 Å². The normalized spacial score (nSPS) is 10.9. The first kappa shape index (κ1) is 24.9. The molecule has 0 atom stereocenters. The SMILES string of the molecule is COc1ccc(/C=C/C(=O)N/N=C\c2cc(Br)c(OCc3ccccc3)c(OC)c2)cc1OC. The smallest absolute Gasteiger partial charge is 0.264 e. The van der Waals surface area contributed by atoms with Crippen molar-refractivity contribution in [1.82, 2.24) is 5.43 Å². The molecule has 8 heteroatoms. The number of halogens is 1. The quantitative estimate of drug-likeness (QED) is 0.223. The largest absolute Gasteiger partial charge is 0.493 e. The lowest BCUT2D eigenvalue weighted by Crippen LogP contribution is -2.14. The minimum atomic E-state index is -0.375. The van der Waals surface area contributed by atoms with Gasteiger partial charge in [0, 0.05) is 6.08 Å². The van der Waals surface area contributed by atoms with Gasteiger partial charge in [-0.25, -0.2) is 5.43 Å². The summed E-state index contributed by atoms with van der Waals surface area (Å²) in [6.07, 6.45) is 4.57. The third-order valence-electron chi connectivity index (χ3n) is 4.70. The van der Waals surface area contributed by atoms with E-state index in [9.17, 15) is 4.79 Å². The van der Waals surface area contributed by atoms with E-state index in [1.54, 1.807) is 45.6 Å². The van der Waals surface area contributed by atoms with Crippen LogP contribution >= 0.6 is 15.9 Å². The van der Waals surface area contributed by atoms with Crippen LogP contribution in [0.3, 0.4) is 0 Å². The molecule has 1 N–H and O–H groups in total. The maximum atomic E-state index is 12.1. The number of nitrogens with one attached hydrogen (secondary N) is 1. The van der Waals surface area contributed by atoms with Crippen molar-refractivity contribution < 1.29 is 23.7 Å². The molecule has 3 rings (SSSR count). The highest BCUT2D eigenvalue weighted by Crippen LogP contribution is 2.36. The zero-order valence-corrected chi connectivity index (χ0v) is 20.7. The molecule has 176 valence electrons. The number of hydrazone groups is 1. The number of carbonyl (C=O) groups excluding carboxylic acids is 1. The van der Waals surface area contributed by atoms with Crippen LogP contribution in [-0.4, -0.2) is 33.5 Å². The van der Waals surface area contributed by atoms with Gasteiger partial charge >= 0.3 is 0 Å². The summed E-state index contributed by atoms with van der Waals surface area (Å²) < 4.78 is 22.6. The maximum absolute atomic E-state index is 12.1. The Balaban J connectivity index is 1.62. The Bertz CT molecular complexity index is 1180. The number of hydrogen-bond acceptors (Lipinski definition) is 6. The van der Waals surface area contributed by atoms with Crippen LogP contribution in [0.2, 0.25) is 0 Å². The minimum Gasteiger partial charge on any atom is -0.493 e. The molecule has 0 aromatic heterocycles. The van der Waals surface area contributed by atoms with Crippen molar-refractivity contribution in [3.63, 3.8) is 0 Å². The van der Waals surface area contributed by atoms with Gasteiger partial charge in [-0.15, -0.1) is 0 Å². The van der Waals surface area contributed by atoms with E-state index in [0.29, 0.717) is 34.1 Å². The molecule has 0 spiro atoms. The molecule has 0 aliphatic rings. The van der Waals surface area contributed by atoms with Gasteiger partial charge in [0.15, 0.2) is 23.0 Å². The standard InChI is InChI=1S/C26H25BrN2O5/c1-31-22-11-9-18(14-23(22)32-2)10-12-25(30)29-28-16-20-13-21(27)26(24(15-20)33-3)34-17-19-7-5-4-6-8-19/h4-16H,17H2,1-3H3,(H,29,30)/b12-10+,28-16-. The molecule has 0 saturated carbocycles. The van der Waals surface area contributed by atoms with E-state index in [-0.39, 0.29) is 5.91 Å². The Morgan fingerprint density at radius 2 is 1.62 bits per heavy atom. The molecule has 34 heavy (non-hydrogen) atoms. The van der Waals surface area contributed by atoms with Gasteiger partial charge in [0.1, 0.15) is 6.61 Å². The first-order chi connectivity index (χ1) is 16.5. The van der Waals surface area contributed by atoms with Crippen LogP contribution < -0.4 is 24.4 Å². The maximum Gasteiger partial charge on any atom is 0.264 e. The molecular formula is C26H25BrN2O5. The second-order valence-corrected chi connectivity index (χ2v) is 7.84. The summed E-state index contributed by atoms with van der Waals surface area (Å²) in [6, 6.07) is 18.8. The lowest BCUT2D eigenvalue weighted by atomic mass is 10.2. The molecule has 1 amide bonds. The van der Waals surface area contributed by atoms with Crippen LogP contribution in [0.1, 0.15) is 16.7 Å². The minimum absolute atomic E-state index is 0.375. The number of amides is 1. The van der Waals surface area contributed by atoms with Crippen molar-refractivity contribution in [1.29, 1.82) is 0 Å². The third kappa shape index (κ3) is 6.86. The summed E-state index contributed by atoms with van der Waals surface area (Å²) in [5.41, 5.74) is 5.03. The van der Waals surface area contributed by atoms with Crippen LogP contribution in [0.5, 0.6) is 23.0 Å². The highest BCUT2D eigenvalue weighted by molar-refractivity contribution is 9.10. The zero-order valence-electron chi connectivity index (χ0n) is 19.1. The predicted octanol–water partition coefficient (Wildman–Crippen LogP) is 5.22. The number of rotatable bonds is 10. The Morgan fingerprint density at radius 3 is 2.32 bits per heavy atom. The molecule has 0 radical (unpaired) electrons. The van der Waals surface area contributed by atoms with Crippen molar-refractivity contribution in [3.05, 3.63) is 87.9 Å². The van der Waals surface area contributed by atoms with E-state index in [1.807, 2.05) is 42.5 Å². The van der Waals surface area contributed by atoms with E-state index in [0.717, 1.165) is 16.7 Å². The average molecular weight is 525 g/mol. The summed E-state index contributed by atoms with van der Waals surface area (Å²) in [5, 5.41) is 4.02. The van der Waals surface area contributed by atoms with Gasteiger partial charge in [-0.05, 0) is 63.0 Å². The average Bonchev–Trinajstić information content (AvgIpc) is 2.86. The number of ether oxygens (including phenoxy) is 4. The monoisotopic (exact) mass is 524 g/mol. The van der Waals surface area contributed by atoms with Crippen LogP contribution in [-0.2, 0) is 11.4 Å². The van der Waals surface area contributed by atoms with Crippen molar-refractivity contribution in [3.8, 4) is 23.0 Å². The number of methoxy groups -OCH3 is 3. The lowest BCUT2D eigenvalue weighted by Gasteiger charge is -2.13. The molecule has 0 aliphatic heterocycles. The summed E-state index contributed by atoms with van der Waals surface area (Å²) in [7, 11) is 4.69. The fourth-order valence-corrected chi connectivity index (χ4v) is 3.59. The Kier molecular flexibility index (Phi) is 9.11. The molecule has 0 fully saturated rings. The fourth-order valence-electron chi connectivity index (χ4n) is 3.02.